The van der Waals surface area contributed by atoms with E-state index in [0.717, 1.165) is 11.1 Å². The highest BCUT2D eigenvalue weighted by Gasteiger charge is 2.38. The Labute approximate surface area is 168 Å². The van der Waals surface area contributed by atoms with E-state index >= 15 is 0 Å². The van der Waals surface area contributed by atoms with Crippen molar-refractivity contribution in [2.24, 2.45) is 0 Å². The summed E-state index contributed by atoms with van der Waals surface area (Å²) in [5.41, 5.74) is 1.69. The largest absolute Gasteiger partial charge is 0.598 e. The predicted octanol–water partition coefficient (Wildman–Crippen LogP) is 4.43. The first-order valence-corrected chi connectivity index (χ1v) is 13.3. The zero-order valence-electron chi connectivity index (χ0n) is 17.9. The highest BCUT2D eigenvalue weighted by Crippen LogP contribution is 2.37. The second-order valence-corrected chi connectivity index (χ2v) is 16.2. The van der Waals surface area contributed by atoms with Gasteiger partial charge in [-0.15, -0.1) is 4.72 Å². The van der Waals surface area contributed by atoms with Crippen molar-refractivity contribution in [3.8, 4) is 0 Å². The van der Waals surface area contributed by atoms with E-state index in [2.05, 4.69) is 38.6 Å². The van der Waals surface area contributed by atoms with Crippen LogP contribution in [0.25, 0.3) is 0 Å². The van der Waals surface area contributed by atoms with Crippen LogP contribution in [-0.2, 0) is 27.0 Å². The van der Waals surface area contributed by atoms with Gasteiger partial charge in [0.2, 0.25) is 0 Å². The summed E-state index contributed by atoms with van der Waals surface area (Å²) in [4.78, 5) is 10.9. The normalized spacial score (nSPS) is 15.4. The number of hydrogen-bond donors (Lipinski definition) is 2. The number of carboxylic acid groups (broad SMARTS) is 1. The van der Waals surface area contributed by atoms with Crippen LogP contribution in [0.2, 0.25) is 18.1 Å². The molecule has 0 radical (unpaired) electrons. The Bertz CT molecular complexity index is 620. The molecule has 0 aliphatic carbocycles. The Morgan fingerprint density at radius 1 is 1.19 bits per heavy atom. The summed E-state index contributed by atoms with van der Waals surface area (Å²) >= 11 is -1.24. The van der Waals surface area contributed by atoms with Gasteiger partial charge in [-0.3, -0.25) is 4.79 Å². The number of nitrogens with one attached hydrogen (secondary N) is 1. The molecule has 0 aliphatic heterocycles. The molecule has 0 heterocycles. The van der Waals surface area contributed by atoms with Crippen molar-refractivity contribution in [1.82, 2.24) is 4.72 Å². The number of benzene rings is 1. The summed E-state index contributed by atoms with van der Waals surface area (Å²) in [5.74, 6) is -0.854. The molecule has 2 unspecified atom stereocenters. The highest BCUT2D eigenvalue weighted by molar-refractivity contribution is 7.90. The molecule has 5 nitrogen and oxygen atoms in total. The van der Waals surface area contributed by atoms with Crippen molar-refractivity contribution in [3.63, 3.8) is 0 Å². The topological polar surface area (TPSA) is 81.6 Å². The average molecular weight is 414 g/mol. The van der Waals surface area contributed by atoms with Gasteiger partial charge in [-0.05, 0) is 50.0 Å². The number of carboxylic acids is 1. The Morgan fingerprint density at radius 3 is 2.11 bits per heavy atom. The van der Waals surface area contributed by atoms with Crippen LogP contribution in [-0.4, -0.2) is 35.3 Å². The van der Waals surface area contributed by atoms with E-state index in [1.807, 2.05) is 45.0 Å². The second-order valence-electron chi connectivity index (χ2n) is 9.43. The Hall–Kier alpha value is -0.863. The maximum atomic E-state index is 12.7. The quantitative estimate of drug-likeness (QED) is 0.487. The molecule has 2 N–H and O–H groups in total. The number of hydrogen-bond acceptors (Lipinski definition) is 4. The smallest absolute Gasteiger partial charge is 0.307 e. The lowest BCUT2D eigenvalue weighted by molar-refractivity contribution is -0.136. The van der Waals surface area contributed by atoms with Gasteiger partial charge in [0, 0.05) is 11.4 Å². The van der Waals surface area contributed by atoms with Crippen LogP contribution < -0.4 is 4.72 Å². The molecule has 0 aliphatic rings. The summed E-state index contributed by atoms with van der Waals surface area (Å²) in [6.07, 6.45) is -0.00718. The summed E-state index contributed by atoms with van der Waals surface area (Å²) in [7, 11) is -1.95. The van der Waals surface area contributed by atoms with Gasteiger partial charge in [-0.2, -0.15) is 0 Å². The standard InChI is InChI=1S/C20H35NO4SSi/c1-19(2,3)26(24)21-17(14-25-27(7,8)20(4,5)6)16-11-9-15(10-12-16)13-18(22)23/h9-12,17,21H,13-14H2,1-8H3,(H,22,23). The van der Waals surface area contributed by atoms with Crippen LogP contribution in [0.5, 0.6) is 0 Å². The monoisotopic (exact) mass is 413 g/mol. The summed E-state index contributed by atoms with van der Waals surface area (Å²) in [5, 5.41) is 9.03. The molecule has 7 heteroatoms. The minimum absolute atomic E-state index is 0.00718. The fourth-order valence-electron chi connectivity index (χ4n) is 2.05. The number of carbonyl (C=O) groups is 1. The van der Waals surface area contributed by atoms with Crippen molar-refractivity contribution in [3.05, 3.63) is 35.4 Å². The lowest BCUT2D eigenvalue weighted by atomic mass is 10.0. The first-order chi connectivity index (χ1) is 12.1. The first kappa shape index (κ1) is 24.2. The Morgan fingerprint density at radius 2 is 1.70 bits per heavy atom. The highest BCUT2D eigenvalue weighted by atomic mass is 32.2. The molecule has 1 aromatic rings. The average Bonchev–Trinajstić information content (AvgIpc) is 2.49. The fourth-order valence-corrected chi connectivity index (χ4v) is 3.89. The third-order valence-electron chi connectivity index (χ3n) is 4.96. The van der Waals surface area contributed by atoms with Crippen LogP contribution in [0.15, 0.2) is 24.3 Å². The van der Waals surface area contributed by atoms with Crippen LogP contribution >= 0.6 is 0 Å². The summed E-state index contributed by atoms with van der Waals surface area (Å²) < 4.78 is 21.8. The molecule has 1 aromatic carbocycles. The van der Waals surface area contributed by atoms with E-state index in [-0.39, 0.29) is 17.5 Å². The lowest BCUT2D eigenvalue weighted by Crippen LogP contribution is -2.46. The number of rotatable bonds is 8. The van der Waals surface area contributed by atoms with Gasteiger partial charge in [0.05, 0.1) is 19.1 Å². The van der Waals surface area contributed by atoms with E-state index in [1.165, 1.54) is 0 Å². The molecule has 0 saturated carbocycles. The Kier molecular flexibility index (Phi) is 8.14. The van der Waals surface area contributed by atoms with Crippen LogP contribution in [0.4, 0.5) is 0 Å². The van der Waals surface area contributed by atoms with E-state index < -0.39 is 30.4 Å². The van der Waals surface area contributed by atoms with Crippen LogP contribution in [0, 0.1) is 0 Å². The zero-order chi connectivity index (χ0) is 21.0. The van der Waals surface area contributed by atoms with Gasteiger partial charge >= 0.3 is 5.97 Å². The van der Waals surface area contributed by atoms with E-state index in [4.69, 9.17) is 9.53 Å². The van der Waals surface area contributed by atoms with Gasteiger partial charge < -0.3 is 14.1 Å². The molecule has 0 saturated heterocycles. The summed E-state index contributed by atoms with van der Waals surface area (Å²) in [6.45, 7) is 17.2. The molecule has 0 bridgehead atoms. The molecule has 1 rings (SSSR count). The van der Waals surface area contributed by atoms with Gasteiger partial charge in [0.1, 0.15) is 4.75 Å². The molecule has 0 amide bonds. The van der Waals surface area contributed by atoms with Gasteiger partial charge in [-0.1, -0.05) is 45.0 Å². The third-order valence-corrected chi connectivity index (χ3v) is 11.1. The number of aliphatic carboxylic acids is 1. The van der Waals surface area contributed by atoms with E-state index in [0.29, 0.717) is 6.61 Å². The molecule has 154 valence electrons. The van der Waals surface area contributed by atoms with Crippen LogP contribution in [0.3, 0.4) is 0 Å². The molecule has 0 aromatic heterocycles. The fraction of sp³-hybridized carbons (Fsp3) is 0.650. The minimum Gasteiger partial charge on any atom is -0.598 e. The van der Waals surface area contributed by atoms with Gasteiger partial charge in [0.25, 0.3) is 0 Å². The lowest BCUT2D eigenvalue weighted by Gasteiger charge is -2.37. The van der Waals surface area contributed by atoms with Crippen molar-refractivity contribution < 1.29 is 18.9 Å². The van der Waals surface area contributed by atoms with E-state index in [9.17, 15) is 9.35 Å². The maximum absolute atomic E-state index is 12.7. The van der Waals surface area contributed by atoms with Gasteiger partial charge in [0.15, 0.2) is 8.32 Å². The van der Waals surface area contributed by atoms with Gasteiger partial charge in [-0.25, -0.2) is 0 Å². The zero-order valence-corrected chi connectivity index (χ0v) is 19.7. The molecule has 2 atom stereocenters. The third kappa shape index (κ3) is 7.58. The molecular formula is C20H35NO4SSi. The van der Waals surface area contributed by atoms with Crippen molar-refractivity contribution in [1.29, 1.82) is 0 Å². The summed E-state index contributed by atoms with van der Waals surface area (Å²) in [6, 6.07) is 7.18. The van der Waals surface area contributed by atoms with E-state index in [1.54, 1.807) is 0 Å². The van der Waals surface area contributed by atoms with Crippen LogP contribution in [0.1, 0.15) is 58.7 Å². The van der Waals surface area contributed by atoms with Crippen molar-refractivity contribution in [2.75, 3.05) is 6.61 Å². The second kappa shape index (κ2) is 9.09. The molecule has 27 heavy (non-hydrogen) atoms. The van der Waals surface area contributed by atoms with Crippen molar-refractivity contribution in [2.45, 2.75) is 76.9 Å². The molecule has 0 fully saturated rings. The molecule has 0 spiro atoms. The van der Waals surface area contributed by atoms with Crippen molar-refractivity contribution >= 4 is 25.6 Å². The predicted molar refractivity (Wildman–Crippen MR) is 115 cm³/mol. The maximum Gasteiger partial charge on any atom is 0.307 e. The molecular weight excluding hydrogens is 378 g/mol. The first-order valence-electron chi connectivity index (χ1n) is 9.26. The Balaban J connectivity index is 3.02. The SMILES string of the molecule is CC(C)(C)[S+]([O-])NC(CO[Si](C)(C)C(C)(C)C)c1ccc(CC(=O)O)cc1. The minimum atomic E-state index is -1.95.